The highest BCUT2D eigenvalue weighted by Gasteiger charge is 2.28. The van der Waals surface area contributed by atoms with Gasteiger partial charge in [-0.3, -0.25) is 14.5 Å². The highest BCUT2D eigenvalue weighted by Crippen LogP contribution is 2.40. The Bertz CT molecular complexity index is 1160. The molecular formula is C23H23NO6. The number of phenols is 2. The highest BCUT2D eigenvalue weighted by molar-refractivity contribution is 6.06. The Labute approximate surface area is 172 Å². The van der Waals surface area contributed by atoms with Gasteiger partial charge in [-0.1, -0.05) is 30.3 Å². The van der Waals surface area contributed by atoms with Crippen LogP contribution in [0.15, 0.2) is 45.6 Å². The van der Waals surface area contributed by atoms with Crippen molar-refractivity contribution in [3.8, 4) is 22.8 Å². The molecule has 0 radical (unpaired) electrons. The van der Waals surface area contributed by atoms with Crippen molar-refractivity contribution in [2.24, 2.45) is 0 Å². The molecular weight excluding hydrogens is 386 g/mol. The number of piperidine rings is 1. The molecule has 1 aromatic heterocycles. The first-order chi connectivity index (χ1) is 14.4. The lowest BCUT2D eigenvalue weighted by Gasteiger charge is -2.30. The molecule has 1 fully saturated rings. The molecule has 0 spiro atoms. The molecule has 3 N–H and O–H groups in total. The number of aliphatic hydroxyl groups is 1. The number of Topliss-reactive ketones (excluding diaryl/α,β-unsaturated/α-hetero) is 1. The van der Waals surface area contributed by atoms with Gasteiger partial charge in [-0.2, -0.15) is 0 Å². The second-order valence-corrected chi connectivity index (χ2v) is 7.66. The molecule has 2 aromatic carbocycles. The summed E-state index contributed by atoms with van der Waals surface area (Å²) in [5, 5.41) is 31.1. The van der Waals surface area contributed by atoms with E-state index in [9.17, 15) is 24.9 Å². The number of aliphatic hydroxyl groups excluding tert-OH is 1. The zero-order valence-electron chi connectivity index (χ0n) is 16.6. The average Bonchev–Trinajstić information content (AvgIpc) is 2.72. The zero-order valence-corrected chi connectivity index (χ0v) is 16.6. The molecule has 0 aliphatic carbocycles. The normalized spacial score (nSPS) is 15.5. The van der Waals surface area contributed by atoms with Gasteiger partial charge in [0.1, 0.15) is 28.2 Å². The fraction of sp³-hybridized carbons (Fsp3) is 0.304. The van der Waals surface area contributed by atoms with Crippen molar-refractivity contribution in [3.05, 3.63) is 57.7 Å². The summed E-state index contributed by atoms with van der Waals surface area (Å²) in [6.45, 7) is 2.64. The van der Waals surface area contributed by atoms with Crippen LogP contribution in [0.4, 0.5) is 0 Å². The minimum absolute atomic E-state index is 0.0625. The number of carbonyl (C=O) groups is 1. The second kappa shape index (κ2) is 7.93. The molecule has 1 aliphatic rings. The molecule has 7 nitrogen and oxygen atoms in total. The topological polar surface area (TPSA) is 111 Å². The van der Waals surface area contributed by atoms with Crippen molar-refractivity contribution in [2.75, 3.05) is 13.1 Å². The lowest BCUT2D eigenvalue weighted by atomic mass is 9.98. The second-order valence-electron chi connectivity index (χ2n) is 7.66. The van der Waals surface area contributed by atoms with Gasteiger partial charge in [0.05, 0.1) is 11.7 Å². The van der Waals surface area contributed by atoms with Gasteiger partial charge in [-0.05, 0) is 19.8 Å². The van der Waals surface area contributed by atoms with Crippen molar-refractivity contribution in [1.82, 2.24) is 4.90 Å². The Morgan fingerprint density at radius 3 is 2.43 bits per heavy atom. The summed E-state index contributed by atoms with van der Waals surface area (Å²) in [5.41, 5.74) is 0.240. The maximum absolute atomic E-state index is 12.9. The van der Waals surface area contributed by atoms with Gasteiger partial charge in [-0.15, -0.1) is 0 Å². The van der Waals surface area contributed by atoms with Crippen LogP contribution < -0.4 is 5.43 Å². The molecule has 1 aliphatic heterocycles. The van der Waals surface area contributed by atoms with E-state index >= 15 is 0 Å². The summed E-state index contributed by atoms with van der Waals surface area (Å²) in [5.74, 6) is -1.19. The number of likely N-dealkylation sites (tertiary alicyclic amines) is 1. The molecule has 2 heterocycles. The van der Waals surface area contributed by atoms with Crippen molar-refractivity contribution in [3.63, 3.8) is 0 Å². The molecule has 1 saturated heterocycles. The number of hydrogen-bond acceptors (Lipinski definition) is 7. The molecule has 30 heavy (non-hydrogen) atoms. The monoisotopic (exact) mass is 409 g/mol. The van der Waals surface area contributed by atoms with Crippen molar-refractivity contribution in [1.29, 1.82) is 0 Å². The number of nitrogens with zero attached hydrogens (tertiary/aromatic N) is 1. The van der Waals surface area contributed by atoms with E-state index in [2.05, 4.69) is 0 Å². The minimum atomic E-state index is -0.568. The molecule has 3 aromatic rings. The van der Waals surface area contributed by atoms with Crippen LogP contribution in [0.5, 0.6) is 11.5 Å². The quantitative estimate of drug-likeness (QED) is 0.568. The van der Waals surface area contributed by atoms with Gasteiger partial charge < -0.3 is 19.7 Å². The smallest absolute Gasteiger partial charge is 0.197 e. The first-order valence-electron chi connectivity index (χ1n) is 9.88. The Kier molecular flexibility index (Phi) is 5.32. The van der Waals surface area contributed by atoms with Gasteiger partial charge in [0.25, 0.3) is 0 Å². The number of phenolic OH excluding ortho intramolecular Hbond substituents is 2. The number of fused-ring (bicyclic) bond motifs is 1. The number of hydrogen-bond donors (Lipinski definition) is 3. The largest absolute Gasteiger partial charge is 0.507 e. The lowest BCUT2D eigenvalue weighted by molar-refractivity contribution is 0.0790. The van der Waals surface area contributed by atoms with Crippen LogP contribution in [0.1, 0.15) is 35.7 Å². The Hall–Kier alpha value is -3.16. The molecule has 0 bridgehead atoms. The average molecular weight is 409 g/mol. The van der Waals surface area contributed by atoms with Gasteiger partial charge >= 0.3 is 0 Å². The third-order valence-corrected chi connectivity index (χ3v) is 5.57. The number of carbonyl (C=O) groups excluding carboxylic acids is 1. The maximum atomic E-state index is 12.9. The minimum Gasteiger partial charge on any atom is -0.507 e. The summed E-state index contributed by atoms with van der Waals surface area (Å²) in [7, 11) is 0. The lowest BCUT2D eigenvalue weighted by Crippen LogP contribution is -2.35. The van der Waals surface area contributed by atoms with Crippen molar-refractivity contribution < 1.29 is 24.5 Å². The Morgan fingerprint density at radius 2 is 1.80 bits per heavy atom. The Balaban J connectivity index is 1.95. The maximum Gasteiger partial charge on any atom is 0.197 e. The van der Waals surface area contributed by atoms with Gasteiger partial charge in [0.15, 0.2) is 16.8 Å². The predicted molar refractivity (Wildman–Crippen MR) is 112 cm³/mol. The van der Waals surface area contributed by atoms with Crippen molar-refractivity contribution in [2.45, 2.75) is 32.4 Å². The molecule has 4 rings (SSSR count). The predicted octanol–water partition coefficient (Wildman–Crippen LogP) is 3.03. The first kappa shape index (κ1) is 20.1. The molecule has 0 saturated carbocycles. The summed E-state index contributed by atoms with van der Waals surface area (Å²) >= 11 is 0. The Morgan fingerprint density at radius 1 is 1.13 bits per heavy atom. The van der Waals surface area contributed by atoms with E-state index in [1.165, 1.54) is 13.0 Å². The van der Waals surface area contributed by atoms with Crippen LogP contribution in [0, 0.1) is 0 Å². The van der Waals surface area contributed by atoms with Crippen LogP contribution in [0.25, 0.3) is 22.3 Å². The van der Waals surface area contributed by atoms with Crippen LogP contribution in [0.3, 0.4) is 0 Å². The summed E-state index contributed by atoms with van der Waals surface area (Å²) in [6, 6.07) is 10.3. The van der Waals surface area contributed by atoms with Gasteiger partial charge in [0, 0.05) is 31.3 Å². The summed E-state index contributed by atoms with van der Waals surface area (Å²) in [4.78, 5) is 27.0. The molecule has 7 heteroatoms. The standard InChI is InChI=1S/C23H23NO6/c1-13(25)19-21(28)16(12-24-9-7-15(26)8-10-24)23-20(22(19)29)17(27)11-18(30-23)14-5-3-2-4-6-14/h2-6,11,15,26,28-29H,7-10,12H2,1H3. The third-order valence-electron chi connectivity index (χ3n) is 5.57. The summed E-state index contributed by atoms with van der Waals surface area (Å²) < 4.78 is 6.01. The number of rotatable bonds is 4. The van der Waals surface area contributed by atoms with Crippen molar-refractivity contribution >= 4 is 16.8 Å². The van der Waals surface area contributed by atoms with E-state index in [0.29, 0.717) is 37.3 Å². The van der Waals surface area contributed by atoms with E-state index in [1.807, 2.05) is 23.1 Å². The molecule has 0 amide bonds. The molecule has 156 valence electrons. The number of aromatic hydroxyl groups is 2. The van der Waals surface area contributed by atoms with E-state index in [0.717, 1.165) is 0 Å². The number of benzene rings is 2. The molecule has 0 atom stereocenters. The SMILES string of the molecule is CC(=O)c1c(O)c(CN2CCC(O)CC2)c2oc(-c3ccccc3)cc(=O)c2c1O. The van der Waals surface area contributed by atoms with Crippen LogP contribution in [0.2, 0.25) is 0 Å². The van der Waals surface area contributed by atoms with E-state index < -0.39 is 17.0 Å². The van der Waals surface area contributed by atoms with E-state index in [1.54, 1.807) is 12.1 Å². The molecule has 0 unspecified atom stereocenters. The van der Waals surface area contributed by atoms with Gasteiger partial charge in [0.2, 0.25) is 0 Å². The number of ketones is 1. The fourth-order valence-corrected chi connectivity index (χ4v) is 3.95. The highest BCUT2D eigenvalue weighted by atomic mass is 16.3. The van der Waals surface area contributed by atoms with Crippen LogP contribution >= 0.6 is 0 Å². The first-order valence-corrected chi connectivity index (χ1v) is 9.88. The van der Waals surface area contributed by atoms with E-state index in [-0.39, 0.29) is 40.5 Å². The van der Waals surface area contributed by atoms with Crippen LogP contribution in [-0.2, 0) is 6.54 Å². The van der Waals surface area contributed by atoms with E-state index in [4.69, 9.17) is 4.42 Å². The third kappa shape index (κ3) is 3.58. The van der Waals surface area contributed by atoms with Gasteiger partial charge in [-0.25, -0.2) is 0 Å². The van der Waals surface area contributed by atoms with Crippen LogP contribution in [-0.4, -0.2) is 45.2 Å². The fourth-order valence-electron chi connectivity index (χ4n) is 3.95. The summed E-state index contributed by atoms with van der Waals surface area (Å²) in [6.07, 6.45) is 0.826. The zero-order chi connectivity index (χ0) is 21.4.